The molecule has 1 saturated heterocycles. The number of likely N-dealkylation sites (tertiary alicyclic amines) is 1. The van der Waals surface area contributed by atoms with Crippen molar-refractivity contribution in [2.45, 2.75) is 58.2 Å². The van der Waals surface area contributed by atoms with Gasteiger partial charge in [-0.1, -0.05) is 0 Å². The average molecular weight is 350 g/mol. The number of methoxy groups -OCH3 is 3. The van der Waals surface area contributed by atoms with Crippen molar-refractivity contribution in [3.05, 3.63) is 12.1 Å². The highest BCUT2D eigenvalue weighted by Crippen LogP contribution is 2.40. The average Bonchev–Trinajstić information content (AvgIpc) is 2.60. The molecule has 1 amide bonds. The molecule has 6 nitrogen and oxygen atoms in total. The molecule has 0 spiro atoms. The number of amides is 1. The molecule has 2 rings (SSSR count). The summed E-state index contributed by atoms with van der Waals surface area (Å²) >= 11 is 0. The molecule has 0 bridgehead atoms. The maximum Gasteiger partial charge on any atom is 0.245 e. The lowest BCUT2D eigenvalue weighted by atomic mass is 9.96. The van der Waals surface area contributed by atoms with Crippen LogP contribution in [0, 0.1) is 0 Å². The first-order chi connectivity index (χ1) is 11.9. The summed E-state index contributed by atoms with van der Waals surface area (Å²) in [4.78, 5) is 14.9. The van der Waals surface area contributed by atoms with Gasteiger partial charge in [0, 0.05) is 29.9 Å². The van der Waals surface area contributed by atoms with E-state index in [-0.39, 0.29) is 24.0 Å². The minimum absolute atomic E-state index is 0.119. The van der Waals surface area contributed by atoms with E-state index in [1.54, 1.807) is 21.3 Å². The lowest BCUT2D eigenvalue weighted by molar-refractivity contribution is -0.137. The van der Waals surface area contributed by atoms with E-state index in [1.165, 1.54) is 6.42 Å². The SMILES string of the molecule is COc1cc(N[C@H](C)C(=O)N2[C@@H](C)CCC[C@@H]2C)cc(OC)c1OC. The third-order valence-electron chi connectivity index (χ3n) is 4.87. The Hall–Kier alpha value is -2.11. The number of nitrogens with zero attached hydrogens (tertiary/aromatic N) is 1. The fourth-order valence-electron chi connectivity index (χ4n) is 3.56. The Morgan fingerprint density at radius 2 is 1.60 bits per heavy atom. The molecule has 0 saturated carbocycles. The summed E-state index contributed by atoms with van der Waals surface area (Å²) in [5.74, 6) is 1.77. The van der Waals surface area contributed by atoms with Crippen LogP contribution in [0.2, 0.25) is 0 Å². The number of benzene rings is 1. The Bertz CT molecular complexity index is 570. The fourth-order valence-corrected chi connectivity index (χ4v) is 3.56. The molecule has 1 aliphatic heterocycles. The van der Waals surface area contributed by atoms with Crippen molar-refractivity contribution < 1.29 is 19.0 Å². The van der Waals surface area contributed by atoms with Crippen molar-refractivity contribution in [3.63, 3.8) is 0 Å². The first-order valence-electron chi connectivity index (χ1n) is 8.81. The van der Waals surface area contributed by atoms with Crippen LogP contribution in [0.4, 0.5) is 5.69 Å². The number of carbonyl (C=O) groups is 1. The number of piperidine rings is 1. The first kappa shape index (κ1) is 19.2. The zero-order valence-corrected chi connectivity index (χ0v) is 16.1. The molecule has 1 aromatic rings. The molecule has 0 aromatic heterocycles. The Labute approximate surface area is 150 Å². The van der Waals surface area contributed by atoms with Gasteiger partial charge in [0.1, 0.15) is 6.04 Å². The second kappa shape index (κ2) is 8.32. The molecule has 3 atom stereocenters. The highest BCUT2D eigenvalue weighted by Gasteiger charge is 2.31. The van der Waals surface area contributed by atoms with Crippen LogP contribution in [0.3, 0.4) is 0 Å². The molecule has 1 heterocycles. The quantitative estimate of drug-likeness (QED) is 0.853. The number of anilines is 1. The lowest BCUT2D eigenvalue weighted by Crippen LogP contribution is -2.52. The minimum atomic E-state index is -0.342. The van der Waals surface area contributed by atoms with Gasteiger partial charge in [0.05, 0.1) is 21.3 Å². The van der Waals surface area contributed by atoms with Crippen molar-refractivity contribution in [2.75, 3.05) is 26.6 Å². The topological polar surface area (TPSA) is 60.0 Å². The van der Waals surface area contributed by atoms with Crippen LogP contribution in [0.25, 0.3) is 0 Å². The summed E-state index contributed by atoms with van der Waals surface area (Å²) in [5.41, 5.74) is 0.757. The van der Waals surface area contributed by atoms with Crippen LogP contribution >= 0.6 is 0 Å². The van der Waals surface area contributed by atoms with E-state index in [1.807, 2.05) is 24.0 Å². The van der Waals surface area contributed by atoms with E-state index >= 15 is 0 Å². The molecular formula is C19H30N2O4. The van der Waals surface area contributed by atoms with E-state index in [0.29, 0.717) is 17.2 Å². The van der Waals surface area contributed by atoms with Gasteiger partial charge in [-0.25, -0.2) is 0 Å². The Balaban J connectivity index is 2.19. The Morgan fingerprint density at radius 3 is 2.04 bits per heavy atom. The minimum Gasteiger partial charge on any atom is -0.493 e. The van der Waals surface area contributed by atoms with Crippen molar-refractivity contribution in [1.82, 2.24) is 4.90 Å². The summed E-state index contributed by atoms with van der Waals surface area (Å²) in [6.45, 7) is 6.14. The zero-order chi connectivity index (χ0) is 18.6. The van der Waals surface area contributed by atoms with Crippen LogP contribution in [0.5, 0.6) is 17.2 Å². The molecule has 0 aliphatic carbocycles. The molecule has 1 aliphatic rings. The largest absolute Gasteiger partial charge is 0.493 e. The monoisotopic (exact) mass is 350 g/mol. The second-order valence-electron chi connectivity index (χ2n) is 6.65. The highest BCUT2D eigenvalue weighted by atomic mass is 16.5. The Morgan fingerprint density at radius 1 is 1.08 bits per heavy atom. The second-order valence-corrected chi connectivity index (χ2v) is 6.65. The molecule has 0 radical (unpaired) electrons. The normalized spacial score (nSPS) is 21.4. The number of carbonyl (C=O) groups excluding carboxylic acids is 1. The summed E-state index contributed by atoms with van der Waals surface area (Å²) < 4.78 is 16.1. The smallest absolute Gasteiger partial charge is 0.245 e. The predicted molar refractivity (Wildman–Crippen MR) is 98.8 cm³/mol. The summed E-state index contributed by atoms with van der Waals surface area (Å²) in [5, 5.41) is 3.27. The van der Waals surface area contributed by atoms with Crippen LogP contribution in [0.15, 0.2) is 12.1 Å². The Kier molecular flexibility index (Phi) is 6.39. The first-order valence-corrected chi connectivity index (χ1v) is 8.81. The molecule has 6 heteroatoms. The van der Waals surface area contributed by atoms with Crippen LogP contribution in [-0.4, -0.2) is 50.3 Å². The molecule has 25 heavy (non-hydrogen) atoms. The maximum absolute atomic E-state index is 12.9. The van der Waals surface area contributed by atoms with Gasteiger partial charge in [0.15, 0.2) is 11.5 Å². The summed E-state index contributed by atoms with van der Waals surface area (Å²) in [6, 6.07) is 3.84. The summed E-state index contributed by atoms with van der Waals surface area (Å²) in [7, 11) is 4.72. The number of hydrogen-bond donors (Lipinski definition) is 1. The third kappa shape index (κ3) is 4.11. The summed E-state index contributed by atoms with van der Waals surface area (Å²) in [6.07, 6.45) is 3.31. The van der Waals surface area contributed by atoms with Gasteiger partial charge in [0.2, 0.25) is 11.7 Å². The van der Waals surface area contributed by atoms with Crippen LogP contribution in [-0.2, 0) is 4.79 Å². The molecular weight excluding hydrogens is 320 g/mol. The number of hydrogen-bond acceptors (Lipinski definition) is 5. The van der Waals surface area contributed by atoms with E-state index < -0.39 is 0 Å². The number of ether oxygens (including phenoxy) is 3. The van der Waals surface area contributed by atoms with Crippen molar-refractivity contribution in [3.8, 4) is 17.2 Å². The van der Waals surface area contributed by atoms with Gasteiger partial charge >= 0.3 is 0 Å². The zero-order valence-electron chi connectivity index (χ0n) is 16.1. The lowest BCUT2D eigenvalue weighted by Gasteiger charge is -2.40. The van der Waals surface area contributed by atoms with Gasteiger partial charge < -0.3 is 24.4 Å². The van der Waals surface area contributed by atoms with Gasteiger partial charge in [-0.2, -0.15) is 0 Å². The van der Waals surface area contributed by atoms with Gasteiger partial charge in [-0.15, -0.1) is 0 Å². The number of rotatable bonds is 6. The third-order valence-corrected chi connectivity index (χ3v) is 4.87. The van der Waals surface area contributed by atoms with Crippen LogP contribution < -0.4 is 19.5 Å². The molecule has 1 aromatic carbocycles. The molecule has 140 valence electrons. The standard InChI is InChI=1S/C19H30N2O4/c1-12-8-7-9-13(2)21(12)19(22)14(3)20-15-10-16(23-4)18(25-6)17(11-15)24-5/h10-14,20H,7-9H2,1-6H3/t12-,13-,14+/m0/s1. The fraction of sp³-hybridized carbons (Fsp3) is 0.632. The predicted octanol–water partition coefficient (Wildman–Crippen LogP) is 3.30. The highest BCUT2D eigenvalue weighted by molar-refractivity contribution is 5.85. The van der Waals surface area contributed by atoms with E-state index in [4.69, 9.17) is 14.2 Å². The van der Waals surface area contributed by atoms with Crippen molar-refractivity contribution in [1.29, 1.82) is 0 Å². The number of nitrogens with one attached hydrogen (secondary N) is 1. The maximum atomic E-state index is 12.9. The van der Waals surface area contributed by atoms with Crippen LogP contribution in [0.1, 0.15) is 40.0 Å². The van der Waals surface area contributed by atoms with Crippen molar-refractivity contribution in [2.24, 2.45) is 0 Å². The van der Waals surface area contributed by atoms with Crippen molar-refractivity contribution >= 4 is 11.6 Å². The van der Waals surface area contributed by atoms with Gasteiger partial charge in [-0.05, 0) is 40.0 Å². The van der Waals surface area contributed by atoms with E-state index in [2.05, 4.69) is 19.2 Å². The van der Waals surface area contributed by atoms with Gasteiger partial charge in [0.25, 0.3) is 0 Å². The molecule has 1 fully saturated rings. The molecule has 1 N–H and O–H groups in total. The van der Waals surface area contributed by atoms with E-state index in [9.17, 15) is 4.79 Å². The van der Waals surface area contributed by atoms with Gasteiger partial charge in [-0.3, -0.25) is 4.79 Å². The van der Waals surface area contributed by atoms with E-state index in [0.717, 1.165) is 18.5 Å². The molecule has 0 unspecified atom stereocenters.